The minimum Gasteiger partial charge on any atom is -0.355 e. The fraction of sp³-hybridized carbons (Fsp3) is 0.231. The Labute approximate surface area is 188 Å². The smallest absolute Gasteiger partial charge is 0.243 e. The zero-order valence-corrected chi connectivity index (χ0v) is 18.4. The minimum atomic E-state index is -0.627. The van der Waals surface area contributed by atoms with Gasteiger partial charge in [-0.05, 0) is 29.7 Å². The zero-order valence-electron chi connectivity index (χ0n) is 17.6. The van der Waals surface area contributed by atoms with E-state index in [0.29, 0.717) is 24.5 Å². The van der Waals surface area contributed by atoms with E-state index in [2.05, 4.69) is 5.32 Å². The predicted octanol–water partition coefficient (Wildman–Crippen LogP) is 4.66. The van der Waals surface area contributed by atoms with E-state index in [-0.39, 0.29) is 18.2 Å². The lowest BCUT2D eigenvalue weighted by atomic mass is 10.0. The van der Waals surface area contributed by atoms with Crippen LogP contribution in [0.25, 0.3) is 0 Å². The number of nitrogens with one attached hydrogen (secondary N) is 1. The first-order valence-electron chi connectivity index (χ1n) is 10.5. The Hall–Kier alpha value is -3.11. The maximum absolute atomic E-state index is 13.5. The van der Waals surface area contributed by atoms with Crippen LogP contribution in [-0.4, -0.2) is 29.3 Å². The van der Waals surface area contributed by atoms with Crippen molar-refractivity contribution in [3.63, 3.8) is 0 Å². The van der Waals surface area contributed by atoms with Crippen molar-refractivity contribution in [1.82, 2.24) is 10.2 Å². The lowest BCUT2D eigenvalue weighted by Crippen LogP contribution is -2.50. The third-order valence-electron chi connectivity index (χ3n) is 5.12. The first-order chi connectivity index (χ1) is 15.1. The van der Waals surface area contributed by atoms with Crippen LogP contribution < -0.4 is 5.32 Å². The van der Waals surface area contributed by atoms with Crippen LogP contribution >= 0.6 is 11.6 Å². The number of hydrogen-bond acceptors (Lipinski definition) is 2. The van der Waals surface area contributed by atoms with E-state index in [1.807, 2.05) is 85.8 Å². The Kier molecular flexibility index (Phi) is 8.25. The highest BCUT2D eigenvalue weighted by Gasteiger charge is 2.30. The van der Waals surface area contributed by atoms with Gasteiger partial charge in [0.25, 0.3) is 0 Å². The Bertz CT molecular complexity index is 993. The van der Waals surface area contributed by atoms with Gasteiger partial charge in [-0.3, -0.25) is 9.59 Å². The van der Waals surface area contributed by atoms with Crippen molar-refractivity contribution < 1.29 is 9.59 Å². The standard InChI is InChI=1S/C26H27ClN2O2/c1-2-28-26(31)24(17-20-11-5-3-6-12-20)29(19-21-13-7-4-8-14-21)25(30)18-22-15-9-10-16-23(22)27/h3-16,24H,2,17-19H2,1H3,(H,28,31). The van der Waals surface area contributed by atoms with E-state index in [1.54, 1.807) is 11.0 Å². The molecule has 2 amide bonds. The molecule has 0 heterocycles. The molecule has 0 saturated heterocycles. The molecule has 31 heavy (non-hydrogen) atoms. The molecule has 0 aliphatic carbocycles. The average Bonchev–Trinajstić information content (AvgIpc) is 2.79. The van der Waals surface area contributed by atoms with Crippen LogP contribution in [0.3, 0.4) is 0 Å². The topological polar surface area (TPSA) is 49.4 Å². The SMILES string of the molecule is CCNC(=O)C(Cc1ccccc1)N(Cc1ccccc1)C(=O)Cc1ccccc1Cl. The molecule has 0 aliphatic heterocycles. The monoisotopic (exact) mass is 434 g/mol. The van der Waals surface area contributed by atoms with Crippen LogP contribution in [0.1, 0.15) is 23.6 Å². The second-order valence-electron chi connectivity index (χ2n) is 7.38. The van der Waals surface area contributed by atoms with Gasteiger partial charge in [-0.2, -0.15) is 0 Å². The summed E-state index contributed by atoms with van der Waals surface area (Å²) in [6.45, 7) is 2.73. The summed E-state index contributed by atoms with van der Waals surface area (Å²) in [5.41, 5.74) is 2.72. The van der Waals surface area contributed by atoms with Gasteiger partial charge >= 0.3 is 0 Å². The van der Waals surface area contributed by atoms with Crippen molar-refractivity contribution >= 4 is 23.4 Å². The van der Waals surface area contributed by atoms with Crippen molar-refractivity contribution in [3.8, 4) is 0 Å². The third-order valence-corrected chi connectivity index (χ3v) is 5.49. The van der Waals surface area contributed by atoms with E-state index in [0.717, 1.165) is 16.7 Å². The van der Waals surface area contributed by atoms with Crippen molar-refractivity contribution in [3.05, 3.63) is 107 Å². The van der Waals surface area contributed by atoms with Crippen molar-refractivity contribution in [1.29, 1.82) is 0 Å². The van der Waals surface area contributed by atoms with Gasteiger partial charge in [-0.1, -0.05) is 90.5 Å². The Morgan fingerprint density at radius 2 is 1.45 bits per heavy atom. The number of hydrogen-bond donors (Lipinski definition) is 1. The van der Waals surface area contributed by atoms with E-state index < -0.39 is 6.04 Å². The maximum Gasteiger partial charge on any atom is 0.243 e. The fourth-order valence-electron chi connectivity index (χ4n) is 3.53. The molecular formula is C26H27ClN2O2. The zero-order chi connectivity index (χ0) is 22.1. The van der Waals surface area contributed by atoms with Crippen LogP contribution in [0, 0.1) is 0 Å². The Morgan fingerprint density at radius 3 is 2.06 bits per heavy atom. The molecule has 3 aromatic rings. The molecule has 4 nitrogen and oxygen atoms in total. The van der Waals surface area contributed by atoms with E-state index in [4.69, 9.17) is 11.6 Å². The van der Waals surface area contributed by atoms with E-state index >= 15 is 0 Å². The molecule has 5 heteroatoms. The summed E-state index contributed by atoms with van der Waals surface area (Å²) in [7, 11) is 0. The highest BCUT2D eigenvalue weighted by Crippen LogP contribution is 2.20. The normalized spacial score (nSPS) is 11.5. The van der Waals surface area contributed by atoms with Crippen LogP contribution in [0.5, 0.6) is 0 Å². The molecule has 0 aromatic heterocycles. The third kappa shape index (κ3) is 6.43. The van der Waals surface area contributed by atoms with Gasteiger partial charge in [-0.25, -0.2) is 0 Å². The summed E-state index contributed by atoms with van der Waals surface area (Å²) in [6, 6.07) is 26.2. The molecule has 0 bridgehead atoms. The number of halogens is 1. The van der Waals surface area contributed by atoms with Crippen LogP contribution in [0.2, 0.25) is 5.02 Å². The lowest BCUT2D eigenvalue weighted by Gasteiger charge is -2.31. The van der Waals surface area contributed by atoms with Gasteiger partial charge in [0.15, 0.2) is 0 Å². The number of carbonyl (C=O) groups is 2. The molecule has 0 aliphatic rings. The molecule has 3 aromatic carbocycles. The number of nitrogens with zero attached hydrogens (tertiary/aromatic N) is 1. The highest BCUT2D eigenvalue weighted by atomic mass is 35.5. The van der Waals surface area contributed by atoms with E-state index in [1.165, 1.54) is 0 Å². The molecule has 0 saturated carbocycles. The summed E-state index contributed by atoms with van der Waals surface area (Å²) >= 11 is 6.30. The first-order valence-corrected chi connectivity index (χ1v) is 10.8. The molecule has 0 fully saturated rings. The average molecular weight is 435 g/mol. The number of carbonyl (C=O) groups excluding carboxylic acids is 2. The summed E-state index contributed by atoms with van der Waals surface area (Å²) in [6.07, 6.45) is 0.574. The Morgan fingerprint density at radius 1 is 0.871 bits per heavy atom. The summed E-state index contributed by atoms with van der Waals surface area (Å²) in [5.74, 6) is -0.293. The van der Waals surface area contributed by atoms with Gasteiger partial charge in [0.05, 0.1) is 6.42 Å². The summed E-state index contributed by atoms with van der Waals surface area (Å²) < 4.78 is 0. The first kappa shape index (κ1) is 22.6. The number of rotatable bonds is 9. The predicted molar refractivity (Wildman–Crippen MR) is 125 cm³/mol. The summed E-state index contributed by atoms with van der Waals surface area (Å²) in [5, 5.41) is 3.45. The molecule has 1 unspecified atom stereocenters. The number of amides is 2. The molecule has 1 atom stereocenters. The van der Waals surface area contributed by atoms with E-state index in [9.17, 15) is 9.59 Å². The second-order valence-corrected chi connectivity index (χ2v) is 7.78. The second kappa shape index (κ2) is 11.3. The van der Waals surface area contributed by atoms with Crippen molar-refractivity contribution in [2.45, 2.75) is 32.4 Å². The highest BCUT2D eigenvalue weighted by molar-refractivity contribution is 6.31. The van der Waals surface area contributed by atoms with Gasteiger partial charge in [0.2, 0.25) is 11.8 Å². The van der Waals surface area contributed by atoms with Crippen molar-refractivity contribution in [2.75, 3.05) is 6.54 Å². The van der Waals surface area contributed by atoms with Crippen LogP contribution in [0.15, 0.2) is 84.9 Å². The lowest BCUT2D eigenvalue weighted by molar-refractivity contribution is -0.140. The van der Waals surface area contributed by atoms with Crippen molar-refractivity contribution in [2.24, 2.45) is 0 Å². The number of benzene rings is 3. The minimum absolute atomic E-state index is 0.135. The maximum atomic E-state index is 13.5. The molecule has 0 spiro atoms. The summed E-state index contributed by atoms with van der Waals surface area (Å²) in [4.78, 5) is 28.2. The molecular weight excluding hydrogens is 408 g/mol. The molecule has 160 valence electrons. The molecule has 0 radical (unpaired) electrons. The van der Waals surface area contributed by atoms with Gasteiger partial charge in [-0.15, -0.1) is 0 Å². The molecule has 1 N–H and O–H groups in total. The van der Waals surface area contributed by atoms with Gasteiger partial charge < -0.3 is 10.2 Å². The largest absolute Gasteiger partial charge is 0.355 e. The van der Waals surface area contributed by atoms with Crippen LogP contribution in [-0.2, 0) is 29.0 Å². The Balaban J connectivity index is 1.94. The molecule has 3 rings (SSSR count). The van der Waals surface area contributed by atoms with Crippen LogP contribution in [0.4, 0.5) is 0 Å². The number of likely N-dealkylation sites (N-methyl/N-ethyl adjacent to an activating group) is 1. The van der Waals surface area contributed by atoms with Gasteiger partial charge in [0.1, 0.15) is 6.04 Å². The quantitative estimate of drug-likeness (QED) is 0.532. The fourth-order valence-corrected chi connectivity index (χ4v) is 3.73. The van der Waals surface area contributed by atoms with Gasteiger partial charge in [0, 0.05) is 24.5 Å².